The van der Waals surface area contributed by atoms with Crippen LogP contribution in [-0.4, -0.2) is 0 Å². The molecule has 0 aliphatic heterocycles. The molecule has 0 fully saturated rings. The van der Waals surface area contributed by atoms with Crippen LogP contribution in [0.4, 0.5) is 0 Å². The van der Waals surface area contributed by atoms with E-state index in [9.17, 15) is 0 Å². The number of fused-ring (bicyclic) bond motifs is 1. The van der Waals surface area contributed by atoms with Gasteiger partial charge in [0.1, 0.15) is 0 Å². The van der Waals surface area contributed by atoms with Gasteiger partial charge in [0.05, 0.1) is 0 Å². The SMILES string of the molecule is CCCCCCCCCCC(N)c1ccc2c(c1)CCC2. The average molecular weight is 287 g/mol. The largest absolute Gasteiger partial charge is 0.324 e. The Bertz CT molecular complexity index is 410. The Morgan fingerprint density at radius 2 is 1.57 bits per heavy atom. The maximum absolute atomic E-state index is 6.37. The van der Waals surface area contributed by atoms with Gasteiger partial charge in [-0.1, -0.05) is 76.5 Å². The van der Waals surface area contributed by atoms with Gasteiger partial charge in [-0.15, -0.1) is 0 Å². The van der Waals surface area contributed by atoms with Crippen molar-refractivity contribution in [1.82, 2.24) is 0 Å². The number of benzene rings is 1. The first-order chi connectivity index (χ1) is 10.3. The van der Waals surface area contributed by atoms with E-state index in [4.69, 9.17) is 5.73 Å². The van der Waals surface area contributed by atoms with Crippen LogP contribution in [0.2, 0.25) is 0 Å². The van der Waals surface area contributed by atoms with Crippen molar-refractivity contribution in [1.29, 1.82) is 0 Å². The molecule has 118 valence electrons. The maximum Gasteiger partial charge on any atom is 0.0294 e. The monoisotopic (exact) mass is 287 g/mol. The van der Waals surface area contributed by atoms with Crippen LogP contribution >= 0.6 is 0 Å². The van der Waals surface area contributed by atoms with Crippen LogP contribution in [-0.2, 0) is 12.8 Å². The van der Waals surface area contributed by atoms with Crippen LogP contribution in [0.15, 0.2) is 18.2 Å². The lowest BCUT2D eigenvalue weighted by Gasteiger charge is -2.13. The first-order valence-corrected chi connectivity index (χ1v) is 9.18. The van der Waals surface area contributed by atoms with Crippen LogP contribution in [0.25, 0.3) is 0 Å². The standard InChI is InChI=1S/C20H33N/c1-2-3-4-5-6-7-8-9-13-20(21)19-15-14-17-11-10-12-18(17)16-19/h14-16,20H,2-13,21H2,1H3. The highest BCUT2D eigenvalue weighted by molar-refractivity contribution is 5.36. The van der Waals surface area contributed by atoms with Gasteiger partial charge in [0.2, 0.25) is 0 Å². The summed E-state index contributed by atoms with van der Waals surface area (Å²) in [6, 6.07) is 7.19. The van der Waals surface area contributed by atoms with Gasteiger partial charge in [0.25, 0.3) is 0 Å². The van der Waals surface area contributed by atoms with Crippen molar-refractivity contribution in [3.63, 3.8) is 0 Å². The van der Waals surface area contributed by atoms with E-state index in [0.29, 0.717) is 0 Å². The van der Waals surface area contributed by atoms with E-state index in [1.165, 1.54) is 76.2 Å². The number of unbranched alkanes of at least 4 members (excludes halogenated alkanes) is 7. The molecule has 0 radical (unpaired) electrons. The Morgan fingerprint density at radius 3 is 2.33 bits per heavy atom. The molecule has 1 aromatic carbocycles. The fraction of sp³-hybridized carbons (Fsp3) is 0.700. The fourth-order valence-electron chi connectivity index (χ4n) is 3.49. The van der Waals surface area contributed by atoms with Crippen molar-refractivity contribution >= 4 is 0 Å². The molecule has 1 heteroatoms. The molecule has 2 rings (SSSR count). The smallest absolute Gasteiger partial charge is 0.0294 e. The van der Waals surface area contributed by atoms with E-state index < -0.39 is 0 Å². The average Bonchev–Trinajstić information content (AvgIpc) is 2.97. The van der Waals surface area contributed by atoms with Crippen LogP contribution in [0.3, 0.4) is 0 Å². The Labute approximate surface area is 131 Å². The zero-order valence-corrected chi connectivity index (χ0v) is 13.9. The highest BCUT2D eigenvalue weighted by atomic mass is 14.6. The Kier molecular flexibility index (Phi) is 7.29. The van der Waals surface area contributed by atoms with Crippen molar-refractivity contribution in [2.75, 3.05) is 0 Å². The summed E-state index contributed by atoms with van der Waals surface area (Å²) in [5, 5.41) is 0. The van der Waals surface area contributed by atoms with Crippen molar-refractivity contribution in [2.24, 2.45) is 5.73 Å². The lowest BCUT2D eigenvalue weighted by atomic mass is 9.97. The van der Waals surface area contributed by atoms with E-state index in [-0.39, 0.29) is 6.04 Å². The summed E-state index contributed by atoms with van der Waals surface area (Å²) < 4.78 is 0. The lowest BCUT2D eigenvalue weighted by molar-refractivity contribution is 0.536. The highest BCUT2D eigenvalue weighted by Crippen LogP contribution is 2.26. The zero-order chi connectivity index (χ0) is 14.9. The van der Waals surface area contributed by atoms with Crippen LogP contribution in [0.1, 0.15) is 93.9 Å². The third-order valence-corrected chi connectivity index (χ3v) is 4.92. The molecule has 21 heavy (non-hydrogen) atoms. The summed E-state index contributed by atoms with van der Waals surface area (Å²) in [6.07, 6.45) is 16.0. The lowest BCUT2D eigenvalue weighted by Crippen LogP contribution is -2.10. The van der Waals surface area contributed by atoms with Crippen LogP contribution in [0, 0.1) is 0 Å². The summed E-state index contributed by atoms with van der Waals surface area (Å²) in [4.78, 5) is 0. The molecule has 1 aliphatic carbocycles. The summed E-state index contributed by atoms with van der Waals surface area (Å²) in [6.45, 7) is 2.28. The van der Waals surface area contributed by atoms with Gasteiger partial charge in [-0.25, -0.2) is 0 Å². The first-order valence-electron chi connectivity index (χ1n) is 9.18. The molecule has 0 amide bonds. The van der Waals surface area contributed by atoms with Crippen molar-refractivity contribution in [3.8, 4) is 0 Å². The van der Waals surface area contributed by atoms with Crippen molar-refractivity contribution < 1.29 is 0 Å². The van der Waals surface area contributed by atoms with Gasteiger partial charge in [-0.05, 0) is 42.4 Å². The predicted molar refractivity (Wildman–Crippen MR) is 92.6 cm³/mol. The molecule has 2 N–H and O–H groups in total. The molecule has 0 spiro atoms. The summed E-state index contributed by atoms with van der Waals surface area (Å²) in [5.41, 5.74) is 10.8. The molecule has 1 unspecified atom stereocenters. The first kappa shape index (κ1) is 16.5. The van der Waals surface area contributed by atoms with E-state index in [0.717, 1.165) is 6.42 Å². The van der Waals surface area contributed by atoms with E-state index in [1.807, 2.05) is 0 Å². The number of hydrogen-bond acceptors (Lipinski definition) is 1. The second-order valence-corrected chi connectivity index (χ2v) is 6.75. The van der Waals surface area contributed by atoms with Crippen LogP contribution < -0.4 is 5.73 Å². The van der Waals surface area contributed by atoms with E-state index in [1.54, 1.807) is 11.1 Å². The minimum absolute atomic E-state index is 0.246. The molecule has 0 heterocycles. The molecule has 1 atom stereocenters. The van der Waals surface area contributed by atoms with Gasteiger partial charge < -0.3 is 5.73 Å². The maximum atomic E-state index is 6.37. The quantitative estimate of drug-likeness (QED) is 0.548. The normalized spacial score (nSPS) is 15.1. The zero-order valence-electron chi connectivity index (χ0n) is 13.9. The molecular weight excluding hydrogens is 254 g/mol. The minimum atomic E-state index is 0.246. The topological polar surface area (TPSA) is 26.0 Å². The molecule has 1 aliphatic rings. The number of aryl methyl sites for hydroxylation is 2. The third-order valence-electron chi connectivity index (χ3n) is 4.92. The Morgan fingerprint density at radius 1 is 0.905 bits per heavy atom. The van der Waals surface area contributed by atoms with Gasteiger partial charge in [-0.3, -0.25) is 0 Å². The fourth-order valence-corrected chi connectivity index (χ4v) is 3.49. The second kappa shape index (κ2) is 9.25. The number of hydrogen-bond donors (Lipinski definition) is 1. The molecule has 1 aromatic rings. The van der Waals surface area contributed by atoms with E-state index >= 15 is 0 Å². The predicted octanol–water partition coefficient (Wildman–Crippen LogP) is 5.71. The second-order valence-electron chi connectivity index (χ2n) is 6.75. The molecular formula is C20H33N. The van der Waals surface area contributed by atoms with Crippen molar-refractivity contribution in [2.45, 2.75) is 90.0 Å². The van der Waals surface area contributed by atoms with E-state index in [2.05, 4.69) is 25.1 Å². The molecule has 0 aromatic heterocycles. The third kappa shape index (κ3) is 5.47. The van der Waals surface area contributed by atoms with Crippen LogP contribution in [0.5, 0.6) is 0 Å². The van der Waals surface area contributed by atoms with Gasteiger partial charge in [0, 0.05) is 6.04 Å². The summed E-state index contributed by atoms with van der Waals surface area (Å²) in [5.74, 6) is 0. The van der Waals surface area contributed by atoms with Gasteiger partial charge in [0.15, 0.2) is 0 Å². The summed E-state index contributed by atoms with van der Waals surface area (Å²) in [7, 11) is 0. The summed E-state index contributed by atoms with van der Waals surface area (Å²) >= 11 is 0. The Hall–Kier alpha value is -0.820. The number of nitrogens with two attached hydrogens (primary N) is 1. The highest BCUT2D eigenvalue weighted by Gasteiger charge is 2.13. The molecule has 0 saturated carbocycles. The Balaban J connectivity index is 1.60. The molecule has 0 bridgehead atoms. The minimum Gasteiger partial charge on any atom is -0.324 e. The van der Waals surface area contributed by atoms with Gasteiger partial charge >= 0.3 is 0 Å². The molecule has 1 nitrogen and oxygen atoms in total. The van der Waals surface area contributed by atoms with Crippen molar-refractivity contribution in [3.05, 3.63) is 34.9 Å². The number of rotatable bonds is 10. The van der Waals surface area contributed by atoms with Gasteiger partial charge in [-0.2, -0.15) is 0 Å². The molecule has 0 saturated heterocycles.